The first-order valence-corrected chi connectivity index (χ1v) is 8.26. The second-order valence-electron chi connectivity index (χ2n) is 4.81. The maximum atomic E-state index is 11.8. The average Bonchev–Trinajstić information content (AvgIpc) is 2.84. The highest BCUT2D eigenvalue weighted by Gasteiger charge is 2.17. The molecule has 1 aromatic heterocycles. The monoisotopic (exact) mass is 282 g/mol. The third kappa shape index (κ3) is 3.49. The molecule has 0 spiro atoms. The van der Waals surface area contributed by atoms with Crippen LogP contribution in [0.5, 0.6) is 0 Å². The van der Waals surface area contributed by atoms with E-state index in [0.29, 0.717) is 6.54 Å². The first kappa shape index (κ1) is 14.4. The fourth-order valence-electron chi connectivity index (χ4n) is 2.42. The Morgan fingerprint density at radius 3 is 3.05 bits per heavy atom. The van der Waals surface area contributed by atoms with E-state index >= 15 is 0 Å². The van der Waals surface area contributed by atoms with Gasteiger partial charge in [-0.25, -0.2) is 0 Å². The van der Waals surface area contributed by atoms with E-state index in [2.05, 4.69) is 20.1 Å². The van der Waals surface area contributed by atoms with Crippen LogP contribution in [0.1, 0.15) is 37.8 Å². The minimum atomic E-state index is 0.0623. The molecule has 0 saturated carbocycles. The summed E-state index contributed by atoms with van der Waals surface area (Å²) < 4.78 is 2.21. The topological polar surface area (TPSA) is 59.8 Å². The van der Waals surface area contributed by atoms with Crippen LogP contribution in [0.4, 0.5) is 0 Å². The summed E-state index contributed by atoms with van der Waals surface area (Å²) in [7, 11) is 0. The number of hydrogen-bond acceptors (Lipinski definition) is 4. The Balaban J connectivity index is 1.83. The van der Waals surface area contributed by atoms with Gasteiger partial charge in [-0.15, -0.1) is 10.2 Å². The first-order valence-electron chi connectivity index (χ1n) is 6.97. The summed E-state index contributed by atoms with van der Waals surface area (Å²) in [5, 5.41) is 11.5. The van der Waals surface area contributed by atoms with E-state index in [1.165, 1.54) is 12.8 Å². The van der Waals surface area contributed by atoms with Crippen LogP contribution in [0.15, 0.2) is 0 Å². The molecule has 1 aromatic rings. The fraction of sp³-hybridized carbons (Fsp3) is 0.769. The fourth-order valence-corrected chi connectivity index (χ4v) is 3.05. The normalized spacial score (nSPS) is 15.9. The molecule has 2 heterocycles. The Labute approximate surface area is 118 Å². The van der Waals surface area contributed by atoms with E-state index in [9.17, 15) is 4.79 Å². The van der Waals surface area contributed by atoms with Gasteiger partial charge in [-0.2, -0.15) is 11.8 Å². The molecule has 0 bridgehead atoms. The molecule has 0 aromatic carbocycles. The Morgan fingerprint density at radius 2 is 2.32 bits per heavy atom. The molecule has 19 heavy (non-hydrogen) atoms. The van der Waals surface area contributed by atoms with E-state index in [-0.39, 0.29) is 11.2 Å². The number of aromatic nitrogens is 3. The summed E-state index contributed by atoms with van der Waals surface area (Å²) in [6.07, 6.45) is 7.05. The number of amides is 1. The van der Waals surface area contributed by atoms with Crippen molar-refractivity contribution in [1.82, 2.24) is 20.1 Å². The summed E-state index contributed by atoms with van der Waals surface area (Å²) in [5.74, 6) is 2.24. The number of carbonyl (C=O) groups excluding carboxylic acids is 1. The molecule has 1 aliphatic heterocycles. The molecule has 2 rings (SSSR count). The van der Waals surface area contributed by atoms with Crippen LogP contribution in [0.2, 0.25) is 0 Å². The van der Waals surface area contributed by atoms with Crippen molar-refractivity contribution in [2.24, 2.45) is 0 Å². The Bertz CT molecular complexity index is 428. The Kier molecular flexibility index (Phi) is 5.24. The van der Waals surface area contributed by atoms with Gasteiger partial charge in [0.2, 0.25) is 5.91 Å². The number of nitrogens with zero attached hydrogens (tertiary/aromatic N) is 3. The maximum Gasteiger partial charge on any atom is 0.233 e. The minimum Gasteiger partial charge on any atom is -0.355 e. The second kappa shape index (κ2) is 6.93. The van der Waals surface area contributed by atoms with Gasteiger partial charge in [0.15, 0.2) is 0 Å². The third-order valence-electron chi connectivity index (χ3n) is 3.53. The summed E-state index contributed by atoms with van der Waals surface area (Å²) in [5.41, 5.74) is 0. The summed E-state index contributed by atoms with van der Waals surface area (Å²) in [6, 6.07) is 0. The first-order chi connectivity index (χ1) is 9.26. The predicted molar refractivity (Wildman–Crippen MR) is 77.3 cm³/mol. The van der Waals surface area contributed by atoms with E-state index in [0.717, 1.165) is 37.5 Å². The molecule has 1 N–H and O–H groups in total. The van der Waals surface area contributed by atoms with E-state index < -0.39 is 0 Å². The number of aryl methyl sites for hydroxylation is 1. The van der Waals surface area contributed by atoms with Crippen molar-refractivity contribution in [1.29, 1.82) is 0 Å². The van der Waals surface area contributed by atoms with Gasteiger partial charge in [0.25, 0.3) is 0 Å². The van der Waals surface area contributed by atoms with Gasteiger partial charge in [0.05, 0.1) is 5.25 Å². The highest BCUT2D eigenvalue weighted by Crippen LogP contribution is 2.14. The molecule has 106 valence electrons. The molecule has 0 fully saturated rings. The van der Waals surface area contributed by atoms with Crippen molar-refractivity contribution in [2.75, 3.05) is 12.8 Å². The van der Waals surface area contributed by atoms with Gasteiger partial charge >= 0.3 is 0 Å². The van der Waals surface area contributed by atoms with Crippen molar-refractivity contribution >= 4 is 17.7 Å². The van der Waals surface area contributed by atoms with Crippen LogP contribution in [0.25, 0.3) is 0 Å². The van der Waals surface area contributed by atoms with Gasteiger partial charge in [-0.05, 0) is 25.5 Å². The van der Waals surface area contributed by atoms with Gasteiger partial charge in [-0.1, -0.05) is 6.92 Å². The van der Waals surface area contributed by atoms with E-state index in [4.69, 9.17) is 0 Å². The summed E-state index contributed by atoms with van der Waals surface area (Å²) >= 11 is 1.60. The van der Waals surface area contributed by atoms with Crippen LogP contribution in [-0.4, -0.2) is 38.7 Å². The molecule has 0 unspecified atom stereocenters. The molecule has 1 amide bonds. The molecule has 0 saturated heterocycles. The van der Waals surface area contributed by atoms with Crippen molar-refractivity contribution in [3.05, 3.63) is 11.6 Å². The number of thioether (sulfide) groups is 1. The van der Waals surface area contributed by atoms with Crippen LogP contribution < -0.4 is 5.32 Å². The lowest BCUT2D eigenvalue weighted by Gasteiger charge is -2.15. The molecule has 0 radical (unpaired) electrons. The van der Waals surface area contributed by atoms with Crippen LogP contribution in [0.3, 0.4) is 0 Å². The summed E-state index contributed by atoms with van der Waals surface area (Å²) in [4.78, 5) is 11.8. The minimum absolute atomic E-state index is 0.0623. The van der Waals surface area contributed by atoms with Crippen LogP contribution in [0, 0.1) is 0 Å². The molecule has 5 nitrogen and oxygen atoms in total. The van der Waals surface area contributed by atoms with Crippen molar-refractivity contribution in [3.8, 4) is 0 Å². The molecule has 0 aliphatic carbocycles. The highest BCUT2D eigenvalue weighted by molar-refractivity contribution is 7.99. The maximum absolute atomic E-state index is 11.8. The zero-order valence-electron chi connectivity index (χ0n) is 11.7. The SMILES string of the molecule is CC[C@H](SC)C(=O)NCCc1nnc2n1CCCC2. The smallest absolute Gasteiger partial charge is 0.233 e. The zero-order chi connectivity index (χ0) is 13.7. The number of rotatable bonds is 6. The van der Waals surface area contributed by atoms with Gasteiger partial charge in [0, 0.05) is 25.9 Å². The second-order valence-corrected chi connectivity index (χ2v) is 5.86. The number of nitrogens with one attached hydrogen (secondary N) is 1. The van der Waals surface area contributed by atoms with Gasteiger partial charge in [0.1, 0.15) is 11.6 Å². The number of fused-ring (bicyclic) bond motifs is 1. The van der Waals surface area contributed by atoms with Gasteiger partial charge < -0.3 is 9.88 Å². The van der Waals surface area contributed by atoms with Crippen molar-refractivity contribution in [2.45, 2.75) is 50.8 Å². The lowest BCUT2D eigenvalue weighted by atomic mass is 10.1. The lowest BCUT2D eigenvalue weighted by molar-refractivity contribution is -0.120. The zero-order valence-corrected chi connectivity index (χ0v) is 12.5. The average molecular weight is 282 g/mol. The lowest BCUT2D eigenvalue weighted by Crippen LogP contribution is -2.34. The standard InChI is InChI=1S/C13H22N4OS/c1-3-10(19-2)13(18)14-8-7-12-16-15-11-6-4-5-9-17(11)12/h10H,3-9H2,1-2H3,(H,14,18)/t10-/m0/s1. The highest BCUT2D eigenvalue weighted by atomic mass is 32.2. The quantitative estimate of drug-likeness (QED) is 0.857. The van der Waals surface area contributed by atoms with E-state index in [1.807, 2.05) is 13.2 Å². The number of carbonyl (C=O) groups is 1. The van der Waals surface area contributed by atoms with Crippen molar-refractivity contribution in [3.63, 3.8) is 0 Å². The third-order valence-corrected chi connectivity index (χ3v) is 4.65. The molecule has 6 heteroatoms. The van der Waals surface area contributed by atoms with Crippen LogP contribution >= 0.6 is 11.8 Å². The molecule has 1 atom stereocenters. The van der Waals surface area contributed by atoms with Crippen LogP contribution in [-0.2, 0) is 24.2 Å². The van der Waals surface area contributed by atoms with Crippen molar-refractivity contribution < 1.29 is 4.79 Å². The predicted octanol–water partition coefficient (Wildman–Crippen LogP) is 1.41. The summed E-state index contributed by atoms with van der Waals surface area (Å²) in [6.45, 7) is 3.71. The number of hydrogen-bond donors (Lipinski definition) is 1. The largest absolute Gasteiger partial charge is 0.355 e. The molecular weight excluding hydrogens is 260 g/mol. The van der Waals surface area contributed by atoms with Gasteiger partial charge in [-0.3, -0.25) is 4.79 Å². The van der Waals surface area contributed by atoms with E-state index in [1.54, 1.807) is 11.8 Å². The molecular formula is C13H22N4OS. The Morgan fingerprint density at radius 1 is 1.47 bits per heavy atom. The Hall–Kier alpha value is -1.04. The molecule has 1 aliphatic rings.